The highest BCUT2D eigenvalue weighted by molar-refractivity contribution is 5.73. The first-order valence-corrected chi connectivity index (χ1v) is 5.32. The van der Waals surface area contributed by atoms with Crippen molar-refractivity contribution in [1.29, 1.82) is 0 Å². The molecule has 0 aliphatic carbocycles. The molecule has 0 bridgehead atoms. The van der Waals surface area contributed by atoms with Gasteiger partial charge in [-0.15, -0.1) is 0 Å². The number of likely N-dealkylation sites (N-methyl/N-ethyl adjacent to an activating group) is 1. The first-order chi connectivity index (χ1) is 6.66. The number of hydrogen-bond donors (Lipinski definition) is 2. The lowest BCUT2D eigenvalue weighted by Crippen LogP contribution is -2.48. The topological polar surface area (TPSA) is 52.6 Å². The van der Waals surface area contributed by atoms with Gasteiger partial charge >= 0.3 is 5.97 Å². The van der Waals surface area contributed by atoms with E-state index in [1.54, 1.807) is 0 Å². The second kappa shape index (κ2) is 5.32. The fourth-order valence-electron chi connectivity index (χ4n) is 2.11. The Morgan fingerprint density at radius 2 is 2.14 bits per heavy atom. The van der Waals surface area contributed by atoms with Crippen molar-refractivity contribution in [3.8, 4) is 0 Å². The van der Waals surface area contributed by atoms with Gasteiger partial charge in [0, 0.05) is 6.04 Å². The summed E-state index contributed by atoms with van der Waals surface area (Å²) in [7, 11) is 1.93. The fourth-order valence-corrected chi connectivity index (χ4v) is 2.11. The van der Waals surface area contributed by atoms with Crippen molar-refractivity contribution < 1.29 is 9.90 Å². The summed E-state index contributed by atoms with van der Waals surface area (Å²) >= 11 is 0. The van der Waals surface area contributed by atoms with Gasteiger partial charge in [0.25, 0.3) is 0 Å². The number of carbonyl (C=O) groups is 1. The molecular formula is C10H20N2O2. The van der Waals surface area contributed by atoms with Gasteiger partial charge in [-0.1, -0.05) is 6.92 Å². The van der Waals surface area contributed by atoms with E-state index in [-0.39, 0.29) is 6.04 Å². The first kappa shape index (κ1) is 11.5. The lowest BCUT2D eigenvalue weighted by atomic mass is 10.0. The molecular weight excluding hydrogens is 180 g/mol. The van der Waals surface area contributed by atoms with Crippen molar-refractivity contribution in [1.82, 2.24) is 10.2 Å². The maximum atomic E-state index is 11.0. The van der Waals surface area contributed by atoms with Crippen LogP contribution in [0.1, 0.15) is 26.2 Å². The number of aliphatic carboxylic acids is 1. The third kappa shape index (κ3) is 2.69. The molecule has 0 radical (unpaired) electrons. The molecule has 1 atom stereocenters. The van der Waals surface area contributed by atoms with Gasteiger partial charge in [0.15, 0.2) is 0 Å². The second-order valence-corrected chi connectivity index (χ2v) is 3.91. The van der Waals surface area contributed by atoms with Gasteiger partial charge in [-0.2, -0.15) is 0 Å². The van der Waals surface area contributed by atoms with E-state index >= 15 is 0 Å². The summed E-state index contributed by atoms with van der Waals surface area (Å²) in [5.41, 5.74) is 0. The third-order valence-electron chi connectivity index (χ3n) is 3.05. The number of hydrogen-bond acceptors (Lipinski definition) is 3. The smallest absolute Gasteiger partial charge is 0.320 e. The van der Waals surface area contributed by atoms with Crippen LogP contribution in [0.15, 0.2) is 0 Å². The van der Waals surface area contributed by atoms with Gasteiger partial charge in [0.1, 0.15) is 6.04 Å². The minimum atomic E-state index is -0.700. The maximum Gasteiger partial charge on any atom is 0.320 e. The van der Waals surface area contributed by atoms with Gasteiger partial charge < -0.3 is 10.4 Å². The van der Waals surface area contributed by atoms with Crippen molar-refractivity contribution in [3.63, 3.8) is 0 Å². The molecule has 2 N–H and O–H groups in total. The monoisotopic (exact) mass is 200 g/mol. The summed E-state index contributed by atoms with van der Waals surface area (Å²) in [6.07, 6.45) is 2.79. The number of nitrogens with one attached hydrogen (secondary N) is 1. The standard InChI is InChI=1S/C10H20N2O2/c1-3-9(10(13)14)12(2)8-4-6-11-7-5-8/h8-9,11H,3-7H2,1-2H3,(H,13,14). The molecule has 0 aromatic heterocycles. The average molecular weight is 200 g/mol. The molecule has 1 aliphatic heterocycles. The van der Waals surface area contributed by atoms with E-state index in [2.05, 4.69) is 5.32 Å². The van der Waals surface area contributed by atoms with E-state index in [9.17, 15) is 4.79 Å². The predicted octanol–water partition coefficient (Wildman–Crippen LogP) is 0.533. The molecule has 1 saturated heterocycles. The van der Waals surface area contributed by atoms with Gasteiger partial charge in [-0.25, -0.2) is 0 Å². The molecule has 1 fully saturated rings. The predicted molar refractivity (Wildman–Crippen MR) is 55.4 cm³/mol. The van der Waals surface area contributed by atoms with E-state index in [4.69, 9.17) is 5.11 Å². The Bertz CT molecular complexity index is 191. The molecule has 0 spiro atoms. The lowest BCUT2D eigenvalue weighted by Gasteiger charge is -2.35. The number of carboxylic acid groups (broad SMARTS) is 1. The molecule has 82 valence electrons. The van der Waals surface area contributed by atoms with Crippen LogP contribution in [-0.2, 0) is 4.79 Å². The molecule has 0 aromatic rings. The van der Waals surface area contributed by atoms with Crippen LogP contribution in [0.5, 0.6) is 0 Å². The molecule has 4 nitrogen and oxygen atoms in total. The van der Waals surface area contributed by atoms with Crippen LogP contribution in [0.4, 0.5) is 0 Å². The normalized spacial score (nSPS) is 21.1. The van der Waals surface area contributed by atoms with Crippen LogP contribution < -0.4 is 5.32 Å². The summed E-state index contributed by atoms with van der Waals surface area (Å²) in [6, 6.07) is 0.107. The summed E-state index contributed by atoms with van der Waals surface area (Å²) in [6.45, 7) is 3.94. The summed E-state index contributed by atoms with van der Waals surface area (Å²) in [5.74, 6) is -0.700. The van der Waals surface area contributed by atoms with E-state index in [1.165, 1.54) is 0 Å². The van der Waals surface area contributed by atoms with Crippen LogP contribution in [0.2, 0.25) is 0 Å². The Kier molecular flexibility index (Phi) is 4.35. The van der Waals surface area contributed by atoms with E-state index in [1.807, 2.05) is 18.9 Å². The second-order valence-electron chi connectivity index (χ2n) is 3.91. The molecule has 4 heteroatoms. The van der Waals surface area contributed by atoms with Crippen molar-refractivity contribution >= 4 is 5.97 Å². The van der Waals surface area contributed by atoms with Crippen molar-refractivity contribution in [2.75, 3.05) is 20.1 Å². The molecule has 1 aliphatic rings. The van der Waals surface area contributed by atoms with E-state index in [0.717, 1.165) is 25.9 Å². The zero-order chi connectivity index (χ0) is 10.6. The SMILES string of the molecule is CCC(C(=O)O)N(C)C1CCNCC1. The number of carboxylic acids is 1. The van der Waals surface area contributed by atoms with Crippen molar-refractivity contribution in [2.24, 2.45) is 0 Å². The molecule has 1 rings (SSSR count). The molecule has 1 heterocycles. The van der Waals surface area contributed by atoms with E-state index in [0.29, 0.717) is 12.5 Å². The summed E-state index contributed by atoms with van der Waals surface area (Å²) in [5, 5.41) is 12.3. The Morgan fingerprint density at radius 3 is 2.57 bits per heavy atom. The Labute approximate surface area is 85.3 Å². The van der Waals surface area contributed by atoms with Crippen LogP contribution in [0.3, 0.4) is 0 Å². The Hall–Kier alpha value is -0.610. The highest BCUT2D eigenvalue weighted by atomic mass is 16.4. The number of rotatable bonds is 4. The molecule has 0 saturated carbocycles. The first-order valence-electron chi connectivity index (χ1n) is 5.32. The average Bonchev–Trinajstić information content (AvgIpc) is 2.19. The lowest BCUT2D eigenvalue weighted by molar-refractivity contribution is -0.144. The number of nitrogens with zero attached hydrogens (tertiary/aromatic N) is 1. The minimum Gasteiger partial charge on any atom is -0.480 e. The number of piperidine rings is 1. The molecule has 0 aromatic carbocycles. The van der Waals surface area contributed by atoms with Gasteiger partial charge in [0.2, 0.25) is 0 Å². The van der Waals surface area contributed by atoms with Crippen molar-refractivity contribution in [2.45, 2.75) is 38.3 Å². The highest BCUT2D eigenvalue weighted by Gasteiger charge is 2.27. The quantitative estimate of drug-likeness (QED) is 0.695. The Morgan fingerprint density at radius 1 is 1.57 bits per heavy atom. The Balaban J connectivity index is 2.51. The summed E-state index contributed by atoms with van der Waals surface area (Å²) in [4.78, 5) is 13.0. The molecule has 14 heavy (non-hydrogen) atoms. The highest BCUT2D eigenvalue weighted by Crippen LogP contribution is 2.14. The van der Waals surface area contributed by atoms with Gasteiger partial charge in [-0.3, -0.25) is 9.69 Å². The van der Waals surface area contributed by atoms with Crippen LogP contribution in [-0.4, -0.2) is 48.2 Å². The largest absolute Gasteiger partial charge is 0.480 e. The third-order valence-corrected chi connectivity index (χ3v) is 3.05. The van der Waals surface area contributed by atoms with Crippen LogP contribution in [0, 0.1) is 0 Å². The van der Waals surface area contributed by atoms with Gasteiger partial charge in [0.05, 0.1) is 0 Å². The van der Waals surface area contributed by atoms with Crippen molar-refractivity contribution in [3.05, 3.63) is 0 Å². The minimum absolute atomic E-state index is 0.321. The van der Waals surface area contributed by atoms with Crippen LogP contribution in [0.25, 0.3) is 0 Å². The van der Waals surface area contributed by atoms with Gasteiger partial charge in [-0.05, 0) is 39.4 Å². The van der Waals surface area contributed by atoms with E-state index < -0.39 is 5.97 Å². The fraction of sp³-hybridized carbons (Fsp3) is 0.900. The zero-order valence-corrected chi connectivity index (χ0v) is 8.99. The maximum absolute atomic E-state index is 11.0. The molecule has 0 amide bonds. The zero-order valence-electron chi connectivity index (χ0n) is 8.99. The summed E-state index contributed by atoms with van der Waals surface area (Å²) < 4.78 is 0. The van der Waals surface area contributed by atoms with Crippen LogP contribution >= 0.6 is 0 Å². The molecule has 1 unspecified atom stereocenters.